The summed E-state index contributed by atoms with van der Waals surface area (Å²) in [5.74, 6) is 0.902. The number of imidazole rings is 2. The fraction of sp³-hybridized carbons (Fsp3) is 0.370. The molecule has 0 aliphatic carbocycles. The van der Waals surface area contributed by atoms with Crippen LogP contribution in [0.5, 0.6) is 0 Å². The molecule has 0 fully saturated rings. The molecule has 5 rings (SSSR count). The molecule has 2 radical (unpaired) electrons. The van der Waals surface area contributed by atoms with Gasteiger partial charge in [0.15, 0.2) is 0 Å². The molecule has 4 nitrogen and oxygen atoms in total. The number of nitrogens with zero attached hydrogens (tertiary/aromatic N) is 4. The summed E-state index contributed by atoms with van der Waals surface area (Å²) in [4.78, 5) is 9.64. The van der Waals surface area contributed by atoms with Gasteiger partial charge in [0.2, 0.25) is 5.78 Å². The van der Waals surface area contributed by atoms with Crippen molar-refractivity contribution < 1.29 is 52.8 Å². The monoisotopic (exact) mass is 694 g/mol. The van der Waals surface area contributed by atoms with E-state index in [9.17, 15) is 0 Å². The van der Waals surface area contributed by atoms with Gasteiger partial charge in [0.25, 0.3) is 0 Å². The number of aromatic nitrogens is 4. The Hall–Kier alpha value is -1.13. The molecule has 0 unspecified atom stereocenters. The van der Waals surface area contributed by atoms with Crippen LogP contribution < -0.4 is 0 Å². The van der Waals surface area contributed by atoms with Crippen LogP contribution in [0.2, 0.25) is 0 Å². The summed E-state index contributed by atoms with van der Waals surface area (Å²) in [7, 11) is 0. The second-order valence-corrected chi connectivity index (χ2v) is 10.9. The van der Waals surface area contributed by atoms with Crippen molar-refractivity contribution in [2.45, 2.75) is 54.4 Å². The molecule has 0 aliphatic heterocycles. The molecule has 3 heterocycles. The average molecular weight is 694 g/mol. The van der Waals surface area contributed by atoms with E-state index in [0.29, 0.717) is 0 Å². The molecule has 3 aromatic heterocycles. The first-order valence-corrected chi connectivity index (χ1v) is 10.7. The number of hydrogen-bond acceptors (Lipinski definition) is 2. The van der Waals surface area contributed by atoms with Gasteiger partial charge in [-0.05, 0) is 52.4 Å². The topological polar surface area (TPSA) is 34.6 Å². The standard InChI is InChI=1S/C26H29N4.CH3.Ir.Y/c1-25(2,3)15-17-13-20-22(14-18(17)16-26(4,5)6)30-21-10-8-7-9-19(21)23-27-11-12-29(23)24(30)28-20;;;/h7-8,10-14H,15-16H2,1-6H3;1H3;;/q2*-1;;. The quantitative estimate of drug-likeness (QED) is 0.193. The Morgan fingerprint density at radius 3 is 2.21 bits per heavy atom. The van der Waals surface area contributed by atoms with Crippen molar-refractivity contribution in [2.24, 2.45) is 10.8 Å². The van der Waals surface area contributed by atoms with Gasteiger partial charge in [0.1, 0.15) is 0 Å². The van der Waals surface area contributed by atoms with Gasteiger partial charge in [-0.2, -0.15) is 0 Å². The van der Waals surface area contributed by atoms with Crippen LogP contribution in [0, 0.1) is 24.3 Å². The van der Waals surface area contributed by atoms with Crippen molar-refractivity contribution in [3.05, 3.63) is 67.3 Å². The van der Waals surface area contributed by atoms with Gasteiger partial charge in [-0.15, -0.1) is 24.3 Å². The maximum absolute atomic E-state index is 5.07. The van der Waals surface area contributed by atoms with Gasteiger partial charge in [-0.25, -0.2) is 4.98 Å². The zero-order valence-corrected chi connectivity index (χ0v) is 25.9. The Morgan fingerprint density at radius 2 is 1.58 bits per heavy atom. The van der Waals surface area contributed by atoms with Crippen molar-refractivity contribution in [1.82, 2.24) is 18.8 Å². The van der Waals surface area contributed by atoms with Crippen molar-refractivity contribution >= 4 is 33.4 Å². The van der Waals surface area contributed by atoms with Crippen LogP contribution in [0.15, 0.2) is 42.7 Å². The predicted molar refractivity (Wildman–Crippen MR) is 131 cm³/mol. The summed E-state index contributed by atoms with van der Waals surface area (Å²) in [6.45, 7) is 13.9. The van der Waals surface area contributed by atoms with E-state index < -0.39 is 0 Å². The number of rotatable bonds is 2. The van der Waals surface area contributed by atoms with Gasteiger partial charge >= 0.3 is 0 Å². The van der Waals surface area contributed by atoms with Gasteiger partial charge in [0, 0.05) is 65.2 Å². The summed E-state index contributed by atoms with van der Waals surface area (Å²) < 4.78 is 4.34. The molecular weight excluding hydrogens is 661 g/mol. The molecule has 174 valence electrons. The van der Waals surface area contributed by atoms with Crippen molar-refractivity contribution in [1.29, 1.82) is 0 Å². The van der Waals surface area contributed by atoms with E-state index in [1.807, 2.05) is 24.5 Å². The zero-order chi connectivity index (χ0) is 21.3. The minimum Gasteiger partial charge on any atom is -0.358 e. The van der Waals surface area contributed by atoms with E-state index in [-0.39, 0.29) is 71.1 Å². The van der Waals surface area contributed by atoms with E-state index in [1.54, 1.807) is 0 Å². The van der Waals surface area contributed by atoms with E-state index >= 15 is 0 Å². The number of fused-ring (bicyclic) bond motifs is 8. The van der Waals surface area contributed by atoms with Crippen LogP contribution in [-0.2, 0) is 65.7 Å². The molecule has 0 aliphatic rings. The first-order chi connectivity index (χ1) is 14.1. The van der Waals surface area contributed by atoms with E-state index in [2.05, 4.69) is 79.6 Å². The zero-order valence-electron chi connectivity index (χ0n) is 20.7. The summed E-state index contributed by atoms with van der Waals surface area (Å²) in [5, 5.41) is 1.02. The predicted octanol–water partition coefficient (Wildman–Crippen LogP) is 6.71. The first-order valence-electron chi connectivity index (χ1n) is 10.7. The molecule has 5 aromatic rings. The normalized spacial score (nSPS) is 12.1. The van der Waals surface area contributed by atoms with Crippen LogP contribution in [0.3, 0.4) is 0 Å². The molecular formula is C27H32IrN4Y-2. The van der Waals surface area contributed by atoms with Gasteiger partial charge < -0.3 is 16.2 Å². The maximum Gasteiger partial charge on any atom is 0.203 e. The van der Waals surface area contributed by atoms with Crippen LogP contribution in [0.4, 0.5) is 0 Å². The van der Waals surface area contributed by atoms with Crippen molar-refractivity contribution in [3.63, 3.8) is 0 Å². The maximum atomic E-state index is 5.07. The third kappa shape index (κ3) is 5.27. The molecule has 0 saturated carbocycles. The second kappa shape index (κ2) is 9.86. The van der Waals surface area contributed by atoms with Crippen molar-refractivity contribution in [2.75, 3.05) is 0 Å². The second-order valence-electron chi connectivity index (χ2n) is 10.9. The fourth-order valence-electron chi connectivity index (χ4n) is 4.51. The Morgan fingerprint density at radius 1 is 0.939 bits per heavy atom. The van der Waals surface area contributed by atoms with E-state index in [1.165, 1.54) is 11.1 Å². The van der Waals surface area contributed by atoms with Crippen LogP contribution >= 0.6 is 0 Å². The fourth-order valence-corrected chi connectivity index (χ4v) is 4.51. The molecule has 0 spiro atoms. The van der Waals surface area contributed by atoms with Gasteiger partial charge in [-0.3, -0.25) is 4.98 Å². The molecule has 0 atom stereocenters. The Labute approximate surface area is 235 Å². The Bertz CT molecular complexity index is 1420. The summed E-state index contributed by atoms with van der Waals surface area (Å²) in [6.07, 6.45) is 5.91. The largest absolute Gasteiger partial charge is 0.358 e. The third-order valence-corrected chi connectivity index (χ3v) is 5.55. The Balaban J connectivity index is 0.00000128. The minimum atomic E-state index is 0. The smallest absolute Gasteiger partial charge is 0.203 e. The molecule has 0 saturated heterocycles. The molecule has 0 bridgehead atoms. The first kappa shape index (κ1) is 28.1. The summed E-state index contributed by atoms with van der Waals surface area (Å²) in [6, 6.07) is 14.2. The minimum absolute atomic E-state index is 0. The van der Waals surface area contributed by atoms with Gasteiger partial charge in [-0.1, -0.05) is 46.9 Å². The van der Waals surface area contributed by atoms with Crippen molar-refractivity contribution in [3.8, 4) is 0 Å². The van der Waals surface area contributed by atoms with Gasteiger partial charge in [0.05, 0.1) is 16.7 Å². The Kier molecular flexibility index (Phi) is 8.40. The van der Waals surface area contributed by atoms with E-state index in [4.69, 9.17) is 4.98 Å². The number of hydrogen-bond donors (Lipinski definition) is 0. The summed E-state index contributed by atoms with van der Waals surface area (Å²) >= 11 is 0. The van der Waals surface area contributed by atoms with Crippen LogP contribution in [-0.4, -0.2) is 18.8 Å². The number of benzene rings is 2. The molecule has 0 amide bonds. The molecule has 6 heteroatoms. The summed E-state index contributed by atoms with van der Waals surface area (Å²) in [5.41, 5.74) is 7.46. The average Bonchev–Trinajstić information content (AvgIpc) is 3.24. The molecule has 33 heavy (non-hydrogen) atoms. The van der Waals surface area contributed by atoms with E-state index in [0.717, 1.165) is 46.2 Å². The SMILES string of the molecule is CC(C)(C)Cc1cc2nc3n4ccnc4c4[c-]cccc4n3c2cc1CC(C)(C)C.[CH3-].[Ir].[Y]. The molecule has 0 N–H and O–H groups in total. The van der Waals surface area contributed by atoms with Crippen LogP contribution in [0.25, 0.3) is 33.4 Å². The van der Waals surface area contributed by atoms with Crippen LogP contribution in [0.1, 0.15) is 52.7 Å². The molecule has 2 aromatic carbocycles. The third-order valence-electron chi connectivity index (χ3n) is 5.55.